The van der Waals surface area contributed by atoms with Crippen LogP contribution < -0.4 is 18.1 Å². The van der Waals surface area contributed by atoms with Gasteiger partial charge in [-0.15, -0.1) is 0 Å². The Kier molecular flexibility index (Phi) is 3.22. The lowest BCUT2D eigenvalue weighted by molar-refractivity contribution is -0.492. The van der Waals surface area contributed by atoms with Gasteiger partial charge in [0, 0.05) is 12.8 Å². The number of hydrogen-bond acceptors (Lipinski definition) is 0. The molecule has 15 heavy (non-hydrogen) atoms. The van der Waals surface area contributed by atoms with Crippen LogP contribution in [0.1, 0.15) is 59.8 Å². The molecular weight excluding hydrogens is 206 g/mol. The summed E-state index contributed by atoms with van der Waals surface area (Å²) < 4.78 is 0. The summed E-state index contributed by atoms with van der Waals surface area (Å²) in [4.78, 5) is 0. The first-order valence-corrected chi connectivity index (χ1v) is 6.08. The Morgan fingerprint density at radius 3 is 1.73 bits per heavy atom. The molecule has 2 heteroatoms. The molecule has 0 aromatic heterocycles. The summed E-state index contributed by atoms with van der Waals surface area (Å²) in [6.07, 6.45) is 6.96. The van der Waals surface area contributed by atoms with Crippen LogP contribution in [0.5, 0.6) is 0 Å². The van der Waals surface area contributed by atoms with Gasteiger partial charge < -0.3 is 18.1 Å². The Morgan fingerprint density at radius 1 is 0.933 bits per heavy atom. The van der Waals surface area contributed by atoms with Gasteiger partial charge in [0.2, 0.25) is 0 Å². The molecular formula is C13H26ClN. The lowest BCUT2D eigenvalue weighted by atomic mass is 9.50. The second-order valence-electron chi connectivity index (χ2n) is 7.48. The first-order chi connectivity index (χ1) is 6.22. The fourth-order valence-corrected chi connectivity index (χ4v) is 5.32. The molecule has 2 rings (SSSR count). The molecule has 0 aliphatic heterocycles. The lowest BCUT2D eigenvalue weighted by Crippen LogP contribution is -3.00. The van der Waals surface area contributed by atoms with Crippen LogP contribution >= 0.6 is 0 Å². The molecule has 2 saturated carbocycles. The van der Waals surface area contributed by atoms with E-state index < -0.39 is 0 Å². The zero-order valence-corrected chi connectivity index (χ0v) is 11.5. The molecule has 0 amide bonds. The van der Waals surface area contributed by atoms with E-state index in [2.05, 4.69) is 33.4 Å². The minimum absolute atomic E-state index is 0. The molecule has 0 radical (unpaired) electrons. The minimum atomic E-state index is 0. The molecule has 2 unspecified atom stereocenters. The normalized spacial score (nSPS) is 54.6. The van der Waals surface area contributed by atoms with E-state index >= 15 is 0 Å². The lowest BCUT2D eigenvalue weighted by Gasteiger charge is -2.55. The maximum atomic E-state index is 4.43. The highest BCUT2D eigenvalue weighted by Crippen LogP contribution is 2.58. The standard InChI is InChI=1S/C13H25N.ClH/c1-10-5-11(2)7-12(3,6-10)9-13(4,14)8-11;/h10H,5-9,14H2,1-4H3;1H/t10?,11-,12+,13?;. The number of fused-ring (bicyclic) bond motifs is 2. The van der Waals surface area contributed by atoms with E-state index in [0.717, 1.165) is 5.92 Å². The quantitative estimate of drug-likeness (QED) is 0.589. The predicted molar refractivity (Wildman–Crippen MR) is 59.8 cm³/mol. The maximum absolute atomic E-state index is 4.43. The number of halogens is 1. The van der Waals surface area contributed by atoms with E-state index in [0.29, 0.717) is 16.4 Å². The van der Waals surface area contributed by atoms with Gasteiger partial charge in [-0.25, -0.2) is 0 Å². The van der Waals surface area contributed by atoms with Gasteiger partial charge in [-0.3, -0.25) is 0 Å². The van der Waals surface area contributed by atoms with Gasteiger partial charge in [0.1, 0.15) is 0 Å². The summed E-state index contributed by atoms with van der Waals surface area (Å²) in [6, 6.07) is 0. The Hall–Kier alpha value is 0.250. The molecule has 0 aromatic carbocycles. The van der Waals surface area contributed by atoms with Crippen molar-refractivity contribution in [3.63, 3.8) is 0 Å². The zero-order valence-electron chi connectivity index (χ0n) is 10.7. The van der Waals surface area contributed by atoms with Crippen LogP contribution in [0, 0.1) is 16.7 Å². The first-order valence-electron chi connectivity index (χ1n) is 6.08. The van der Waals surface area contributed by atoms with E-state index in [1.54, 1.807) is 0 Å². The van der Waals surface area contributed by atoms with Gasteiger partial charge in [0.25, 0.3) is 0 Å². The van der Waals surface area contributed by atoms with E-state index in [1.165, 1.54) is 32.1 Å². The molecule has 2 fully saturated rings. The Morgan fingerprint density at radius 2 is 1.33 bits per heavy atom. The molecule has 1 nitrogen and oxygen atoms in total. The largest absolute Gasteiger partial charge is 1.00 e. The molecule has 90 valence electrons. The summed E-state index contributed by atoms with van der Waals surface area (Å²) in [5.74, 6) is 0.926. The second-order valence-corrected chi connectivity index (χ2v) is 7.48. The van der Waals surface area contributed by atoms with Crippen molar-refractivity contribution < 1.29 is 18.1 Å². The van der Waals surface area contributed by atoms with E-state index in [-0.39, 0.29) is 12.4 Å². The Balaban J connectivity index is 0.00000112. The van der Waals surface area contributed by atoms with E-state index in [1.807, 2.05) is 0 Å². The van der Waals surface area contributed by atoms with E-state index in [4.69, 9.17) is 0 Å². The third kappa shape index (κ3) is 2.68. The summed E-state index contributed by atoms with van der Waals surface area (Å²) in [5.41, 5.74) is 5.93. The van der Waals surface area contributed by atoms with Crippen LogP contribution in [-0.2, 0) is 0 Å². The van der Waals surface area contributed by atoms with Crippen molar-refractivity contribution in [2.45, 2.75) is 65.3 Å². The number of hydrogen-bond donors (Lipinski definition) is 1. The Bertz CT molecular complexity index is 221. The smallest absolute Gasteiger partial charge is 0.0927 e. The van der Waals surface area contributed by atoms with E-state index in [9.17, 15) is 0 Å². The van der Waals surface area contributed by atoms with Crippen molar-refractivity contribution >= 4 is 0 Å². The third-order valence-corrected chi connectivity index (χ3v) is 4.24. The average Bonchev–Trinajstić information content (AvgIpc) is 1.71. The van der Waals surface area contributed by atoms with Gasteiger partial charge >= 0.3 is 0 Å². The van der Waals surface area contributed by atoms with Gasteiger partial charge in [0.15, 0.2) is 0 Å². The second kappa shape index (κ2) is 3.63. The monoisotopic (exact) mass is 231 g/mol. The van der Waals surface area contributed by atoms with Crippen molar-refractivity contribution in [1.82, 2.24) is 0 Å². The van der Waals surface area contributed by atoms with Crippen molar-refractivity contribution in [1.29, 1.82) is 0 Å². The molecule has 0 saturated heterocycles. The fourth-order valence-electron chi connectivity index (χ4n) is 5.32. The zero-order chi connectivity index (χ0) is 10.6. The molecule has 2 bridgehead atoms. The topological polar surface area (TPSA) is 27.6 Å². The highest BCUT2D eigenvalue weighted by Gasteiger charge is 2.52. The van der Waals surface area contributed by atoms with Gasteiger partial charge in [-0.1, -0.05) is 20.8 Å². The summed E-state index contributed by atoms with van der Waals surface area (Å²) in [6.45, 7) is 9.77. The molecule has 2 aliphatic rings. The summed E-state index contributed by atoms with van der Waals surface area (Å²) in [5, 5.41) is 0. The number of quaternary nitrogens is 1. The molecule has 0 spiro atoms. The summed E-state index contributed by atoms with van der Waals surface area (Å²) >= 11 is 0. The maximum Gasteiger partial charge on any atom is 0.0927 e. The Labute approximate surface area is 101 Å². The van der Waals surface area contributed by atoms with Crippen LogP contribution in [0.15, 0.2) is 0 Å². The van der Waals surface area contributed by atoms with Crippen molar-refractivity contribution in [2.75, 3.05) is 0 Å². The molecule has 3 N–H and O–H groups in total. The molecule has 0 heterocycles. The van der Waals surface area contributed by atoms with Crippen LogP contribution in [-0.4, -0.2) is 5.54 Å². The van der Waals surface area contributed by atoms with Gasteiger partial charge in [0.05, 0.1) is 5.54 Å². The van der Waals surface area contributed by atoms with Crippen LogP contribution in [0.25, 0.3) is 0 Å². The van der Waals surface area contributed by atoms with Crippen molar-refractivity contribution in [2.24, 2.45) is 16.7 Å². The summed E-state index contributed by atoms with van der Waals surface area (Å²) in [7, 11) is 0. The predicted octanol–water partition coefficient (Wildman–Crippen LogP) is -0.383. The fraction of sp³-hybridized carbons (Fsp3) is 1.00. The van der Waals surface area contributed by atoms with Crippen LogP contribution in [0.2, 0.25) is 0 Å². The SMILES string of the molecule is CC1C[C@@]2(C)CC(C)([NH3+])C[C@@](C)(C1)C2.[Cl-]. The van der Waals surface area contributed by atoms with Gasteiger partial charge in [-0.2, -0.15) is 0 Å². The first kappa shape index (κ1) is 13.3. The van der Waals surface area contributed by atoms with Crippen molar-refractivity contribution in [3.8, 4) is 0 Å². The third-order valence-electron chi connectivity index (χ3n) is 4.24. The highest BCUT2D eigenvalue weighted by molar-refractivity contribution is 5.02. The average molecular weight is 232 g/mol. The molecule has 0 aromatic rings. The van der Waals surface area contributed by atoms with Crippen molar-refractivity contribution in [3.05, 3.63) is 0 Å². The van der Waals surface area contributed by atoms with Crippen LogP contribution in [0.3, 0.4) is 0 Å². The molecule has 4 atom stereocenters. The molecule has 2 aliphatic carbocycles. The highest BCUT2D eigenvalue weighted by atomic mass is 35.5. The van der Waals surface area contributed by atoms with Gasteiger partial charge in [-0.05, 0) is 42.9 Å². The minimum Gasteiger partial charge on any atom is -1.00 e. The number of rotatable bonds is 0. The van der Waals surface area contributed by atoms with Crippen LogP contribution in [0.4, 0.5) is 0 Å².